The summed E-state index contributed by atoms with van der Waals surface area (Å²) in [5, 5.41) is 16.2. The lowest BCUT2D eigenvalue weighted by molar-refractivity contribution is 0.0358. The molecule has 0 saturated carbocycles. The van der Waals surface area contributed by atoms with Gasteiger partial charge in [0.2, 0.25) is 0 Å². The van der Waals surface area contributed by atoms with E-state index in [1.54, 1.807) is 4.90 Å². The second-order valence-electron chi connectivity index (χ2n) is 5.58. The normalized spacial score (nSPS) is 30.8. The third kappa shape index (κ3) is 4.05. The van der Waals surface area contributed by atoms with Crippen LogP contribution >= 0.6 is 0 Å². The van der Waals surface area contributed by atoms with Gasteiger partial charge in [-0.05, 0) is 0 Å². The van der Waals surface area contributed by atoms with Crippen LogP contribution in [-0.2, 0) is 9.47 Å². The molecule has 0 unspecified atom stereocenters. The summed E-state index contributed by atoms with van der Waals surface area (Å²) in [7, 11) is 0. The highest BCUT2D eigenvalue weighted by Crippen LogP contribution is 2.14. The molecule has 0 aromatic heterocycles. The van der Waals surface area contributed by atoms with Crippen molar-refractivity contribution in [1.29, 1.82) is 0 Å². The summed E-state index contributed by atoms with van der Waals surface area (Å²) in [6.45, 7) is 7.23. The molecule has 0 radical (unpaired) electrons. The van der Waals surface area contributed by atoms with Gasteiger partial charge in [0.15, 0.2) is 0 Å². The second kappa shape index (κ2) is 7.21. The van der Waals surface area contributed by atoms with Crippen molar-refractivity contribution in [1.82, 2.24) is 15.5 Å². The van der Waals surface area contributed by atoms with E-state index in [1.807, 2.05) is 13.8 Å². The SMILES string of the molecule is CC(C)N[C@@H]1CO[C@H](CNC(=O)N2CCOCC2)[C@H]1O. The van der Waals surface area contributed by atoms with Crippen LogP contribution in [0.2, 0.25) is 0 Å². The molecule has 0 aliphatic carbocycles. The van der Waals surface area contributed by atoms with Crippen molar-refractivity contribution in [2.24, 2.45) is 0 Å². The molecule has 20 heavy (non-hydrogen) atoms. The van der Waals surface area contributed by atoms with E-state index in [-0.39, 0.29) is 18.2 Å². The average Bonchev–Trinajstić information content (AvgIpc) is 2.77. The Morgan fingerprint density at radius 2 is 2.10 bits per heavy atom. The Bertz CT molecular complexity index is 321. The maximum absolute atomic E-state index is 11.9. The first-order valence-electron chi connectivity index (χ1n) is 7.24. The van der Waals surface area contributed by atoms with Gasteiger partial charge in [0, 0.05) is 25.7 Å². The van der Waals surface area contributed by atoms with E-state index in [0.29, 0.717) is 45.5 Å². The fourth-order valence-electron chi connectivity index (χ4n) is 2.50. The van der Waals surface area contributed by atoms with Crippen molar-refractivity contribution in [2.45, 2.75) is 38.1 Å². The Morgan fingerprint density at radius 1 is 1.40 bits per heavy atom. The number of ether oxygens (including phenoxy) is 2. The maximum Gasteiger partial charge on any atom is 0.317 e. The molecule has 0 aromatic carbocycles. The molecule has 0 bridgehead atoms. The Morgan fingerprint density at radius 3 is 2.75 bits per heavy atom. The molecular formula is C13H25N3O4. The van der Waals surface area contributed by atoms with Crippen LogP contribution < -0.4 is 10.6 Å². The summed E-state index contributed by atoms with van der Waals surface area (Å²) >= 11 is 0. The number of hydrogen-bond donors (Lipinski definition) is 3. The first kappa shape index (κ1) is 15.5. The predicted octanol–water partition coefficient (Wildman–Crippen LogP) is -0.845. The zero-order valence-electron chi connectivity index (χ0n) is 12.2. The van der Waals surface area contributed by atoms with E-state index in [4.69, 9.17) is 9.47 Å². The van der Waals surface area contributed by atoms with Crippen LogP contribution in [-0.4, -0.2) is 79.8 Å². The minimum Gasteiger partial charge on any atom is -0.389 e. The van der Waals surface area contributed by atoms with E-state index in [0.717, 1.165) is 0 Å². The minimum absolute atomic E-state index is 0.0692. The number of rotatable bonds is 4. The number of nitrogens with zero attached hydrogens (tertiary/aromatic N) is 1. The highest BCUT2D eigenvalue weighted by molar-refractivity contribution is 5.74. The van der Waals surface area contributed by atoms with Crippen molar-refractivity contribution in [3.8, 4) is 0 Å². The Hall–Kier alpha value is -0.890. The van der Waals surface area contributed by atoms with Gasteiger partial charge in [0.1, 0.15) is 6.10 Å². The smallest absolute Gasteiger partial charge is 0.317 e. The lowest BCUT2D eigenvalue weighted by Crippen LogP contribution is -2.50. The Labute approximate surface area is 119 Å². The third-order valence-corrected chi connectivity index (χ3v) is 3.58. The molecule has 0 aromatic rings. The summed E-state index contributed by atoms with van der Waals surface area (Å²) in [6.07, 6.45) is -0.946. The highest BCUT2D eigenvalue weighted by Gasteiger charge is 2.36. The fraction of sp³-hybridized carbons (Fsp3) is 0.923. The quantitative estimate of drug-likeness (QED) is 0.628. The van der Waals surface area contributed by atoms with Gasteiger partial charge >= 0.3 is 6.03 Å². The Kier molecular flexibility index (Phi) is 5.59. The topological polar surface area (TPSA) is 83.1 Å². The first-order chi connectivity index (χ1) is 9.58. The van der Waals surface area contributed by atoms with E-state index in [9.17, 15) is 9.90 Å². The molecule has 3 atom stereocenters. The molecule has 2 rings (SSSR count). The van der Waals surface area contributed by atoms with Crippen LogP contribution in [0.5, 0.6) is 0 Å². The molecule has 7 nitrogen and oxygen atoms in total. The molecule has 2 heterocycles. The van der Waals surface area contributed by atoms with Gasteiger partial charge in [-0.25, -0.2) is 4.79 Å². The zero-order valence-corrected chi connectivity index (χ0v) is 12.2. The molecule has 3 N–H and O–H groups in total. The number of carbonyl (C=O) groups excluding carboxylic acids is 1. The molecule has 0 spiro atoms. The fourth-order valence-corrected chi connectivity index (χ4v) is 2.50. The number of nitrogens with one attached hydrogen (secondary N) is 2. The van der Waals surface area contributed by atoms with Crippen LogP contribution in [0, 0.1) is 0 Å². The molecule has 2 aliphatic rings. The van der Waals surface area contributed by atoms with Crippen LogP contribution in [0.3, 0.4) is 0 Å². The van der Waals surface area contributed by atoms with Crippen molar-refractivity contribution >= 4 is 6.03 Å². The number of amides is 2. The number of carbonyl (C=O) groups is 1. The van der Waals surface area contributed by atoms with Gasteiger partial charge in [0.25, 0.3) is 0 Å². The third-order valence-electron chi connectivity index (χ3n) is 3.58. The predicted molar refractivity (Wildman–Crippen MR) is 73.6 cm³/mol. The standard InChI is InChI=1S/C13H25N3O4/c1-9(2)15-10-8-20-11(12(10)17)7-14-13(18)16-3-5-19-6-4-16/h9-12,15,17H,3-8H2,1-2H3,(H,14,18)/t10-,11-,12+/m1/s1. The average molecular weight is 287 g/mol. The van der Waals surface area contributed by atoms with E-state index >= 15 is 0 Å². The molecule has 116 valence electrons. The van der Waals surface area contributed by atoms with E-state index in [2.05, 4.69) is 10.6 Å². The largest absolute Gasteiger partial charge is 0.389 e. The second-order valence-corrected chi connectivity index (χ2v) is 5.58. The Balaban J connectivity index is 1.72. The first-order valence-corrected chi connectivity index (χ1v) is 7.24. The zero-order chi connectivity index (χ0) is 14.5. The van der Waals surface area contributed by atoms with Crippen molar-refractivity contribution < 1.29 is 19.4 Å². The van der Waals surface area contributed by atoms with Crippen LogP contribution in [0.25, 0.3) is 0 Å². The van der Waals surface area contributed by atoms with E-state index < -0.39 is 6.10 Å². The van der Waals surface area contributed by atoms with Gasteiger partial charge < -0.3 is 30.1 Å². The summed E-state index contributed by atoms with van der Waals surface area (Å²) in [6, 6.07) is 0.101. The monoisotopic (exact) mass is 287 g/mol. The number of morpholine rings is 1. The van der Waals surface area contributed by atoms with Gasteiger partial charge in [-0.1, -0.05) is 13.8 Å². The van der Waals surface area contributed by atoms with Gasteiger partial charge in [-0.3, -0.25) is 0 Å². The molecule has 2 fully saturated rings. The summed E-state index contributed by atoms with van der Waals surface area (Å²) in [5.74, 6) is 0. The molecule has 7 heteroatoms. The molecule has 2 amide bonds. The highest BCUT2D eigenvalue weighted by atomic mass is 16.5. The van der Waals surface area contributed by atoms with Gasteiger partial charge in [0.05, 0.1) is 32.0 Å². The number of aliphatic hydroxyl groups is 1. The van der Waals surface area contributed by atoms with Gasteiger partial charge in [-0.15, -0.1) is 0 Å². The number of aliphatic hydroxyl groups excluding tert-OH is 1. The van der Waals surface area contributed by atoms with Crippen molar-refractivity contribution in [3.05, 3.63) is 0 Å². The summed E-state index contributed by atoms with van der Waals surface area (Å²) in [5.41, 5.74) is 0. The summed E-state index contributed by atoms with van der Waals surface area (Å²) < 4.78 is 10.7. The molecule has 2 saturated heterocycles. The van der Waals surface area contributed by atoms with Crippen molar-refractivity contribution in [3.63, 3.8) is 0 Å². The van der Waals surface area contributed by atoms with Crippen LogP contribution in [0.1, 0.15) is 13.8 Å². The van der Waals surface area contributed by atoms with E-state index in [1.165, 1.54) is 0 Å². The minimum atomic E-state index is -0.595. The molecule has 2 aliphatic heterocycles. The van der Waals surface area contributed by atoms with Crippen molar-refractivity contribution in [2.75, 3.05) is 39.5 Å². The van der Waals surface area contributed by atoms with Crippen LogP contribution in [0.15, 0.2) is 0 Å². The number of urea groups is 1. The van der Waals surface area contributed by atoms with Crippen LogP contribution in [0.4, 0.5) is 4.79 Å². The van der Waals surface area contributed by atoms with Gasteiger partial charge in [-0.2, -0.15) is 0 Å². The maximum atomic E-state index is 11.9. The molecular weight excluding hydrogens is 262 g/mol. The summed E-state index contributed by atoms with van der Waals surface area (Å²) in [4.78, 5) is 13.6. The lowest BCUT2D eigenvalue weighted by Gasteiger charge is -2.28. The number of hydrogen-bond acceptors (Lipinski definition) is 5. The lowest BCUT2D eigenvalue weighted by atomic mass is 10.1.